The first-order chi connectivity index (χ1) is 10.7. The largest absolute Gasteiger partial charge is 0.396 e. The van der Waals surface area contributed by atoms with Gasteiger partial charge in [0.2, 0.25) is 0 Å². The number of piperidine rings is 1. The number of hydrogen-bond acceptors (Lipinski definition) is 4. The number of amides is 2. The summed E-state index contributed by atoms with van der Waals surface area (Å²) in [6, 6.07) is -0.323. The maximum Gasteiger partial charge on any atom is 0.319 e. The van der Waals surface area contributed by atoms with E-state index in [-0.39, 0.29) is 18.7 Å². The molecule has 0 bridgehead atoms. The number of carbonyl (C=O) groups excluding carboxylic acids is 1. The summed E-state index contributed by atoms with van der Waals surface area (Å²) in [5.74, 6) is 0. The fourth-order valence-corrected chi connectivity index (χ4v) is 2.63. The topological polar surface area (TPSA) is 82.4 Å². The van der Waals surface area contributed by atoms with Crippen molar-refractivity contribution in [3.63, 3.8) is 0 Å². The first-order valence-electron chi connectivity index (χ1n) is 8.10. The Bertz CT molecular complexity index is 457. The number of rotatable bonds is 7. The van der Waals surface area contributed by atoms with Crippen molar-refractivity contribution in [2.75, 3.05) is 31.6 Å². The van der Waals surface area contributed by atoms with Crippen molar-refractivity contribution in [2.45, 2.75) is 45.2 Å². The highest BCUT2D eigenvalue weighted by atomic mass is 16.3. The van der Waals surface area contributed by atoms with Crippen molar-refractivity contribution in [1.29, 1.82) is 0 Å². The lowest BCUT2D eigenvalue weighted by Gasteiger charge is -2.26. The number of aliphatic hydroxyl groups excluding tert-OH is 1. The van der Waals surface area contributed by atoms with Crippen LogP contribution in [0, 0.1) is 0 Å². The van der Waals surface area contributed by atoms with Gasteiger partial charge in [0, 0.05) is 25.4 Å². The highest BCUT2D eigenvalue weighted by Gasteiger charge is 2.11. The molecule has 124 valence electrons. The van der Waals surface area contributed by atoms with Crippen LogP contribution < -0.4 is 10.6 Å². The summed E-state index contributed by atoms with van der Waals surface area (Å²) in [4.78, 5) is 14.2. The molecule has 0 radical (unpaired) electrons. The Morgan fingerprint density at radius 3 is 2.86 bits per heavy atom. The highest BCUT2D eigenvalue weighted by Crippen LogP contribution is 2.09. The van der Waals surface area contributed by atoms with E-state index in [2.05, 4.69) is 20.6 Å². The van der Waals surface area contributed by atoms with E-state index in [1.807, 2.05) is 17.8 Å². The van der Waals surface area contributed by atoms with Gasteiger partial charge in [0.05, 0.1) is 18.4 Å². The molecule has 1 atom stereocenters. The molecule has 22 heavy (non-hydrogen) atoms. The average Bonchev–Trinajstić information content (AvgIpc) is 2.93. The molecule has 2 rings (SSSR count). The average molecular weight is 309 g/mol. The lowest BCUT2D eigenvalue weighted by Crippen LogP contribution is -2.36. The number of nitrogens with zero attached hydrogens (tertiary/aromatic N) is 3. The van der Waals surface area contributed by atoms with Crippen LogP contribution in [-0.4, -0.2) is 58.1 Å². The fraction of sp³-hybridized carbons (Fsp3) is 0.733. The Hall–Kier alpha value is -1.60. The molecule has 3 N–H and O–H groups in total. The minimum Gasteiger partial charge on any atom is -0.396 e. The molecule has 0 spiro atoms. The van der Waals surface area contributed by atoms with Crippen LogP contribution in [0.1, 0.15) is 32.6 Å². The predicted octanol–water partition coefficient (Wildman–Crippen LogP) is 1.26. The van der Waals surface area contributed by atoms with Crippen molar-refractivity contribution >= 4 is 11.7 Å². The van der Waals surface area contributed by atoms with Crippen LogP contribution in [0.3, 0.4) is 0 Å². The molecule has 0 aromatic carbocycles. The van der Waals surface area contributed by atoms with Gasteiger partial charge in [0.25, 0.3) is 0 Å². The second-order valence-corrected chi connectivity index (χ2v) is 5.91. The Morgan fingerprint density at radius 1 is 1.36 bits per heavy atom. The first-order valence-corrected chi connectivity index (χ1v) is 8.10. The van der Waals surface area contributed by atoms with E-state index in [0.29, 0.717) is 12.1 Å². The molecule has 7 heteroatoms. The highest BCUT2D eigenvalue weighted by molar-refractivity contribution is 5.89. The second kappa shape index (κ2) is 8.75. The molecule has 2 heterocycles. The number of nitrogens with one attached hydrogen (secondary N) is 2. The van der Waals surface area contributed by atoms with Gasteiger partial charge >= 0.3 is 6.03 Å². The molecule has 2 amide bonds. The Balaban J connectivity index is 1.72. The quantitative estimate of drug-likeness (QED) is 0.708. The standard InChI is InChI=1S/C15H27N5O2/c1-13(5-10-21)17-15(22)18-14-11-16-20(12-14)9-8-19-6-3-2-4-7-19/h11-13,21H,2-10H2,1H3,(H2,17,18,22)/t13-/m1/s1. The van der Waals surface area contributed by atoms with E-state index in [4.69, 9.17) is 5.11 Å². The van der Waals surface area contributed by atoms with Gasteiger partial charge in [0.15, 0.2) is 0 Å². The van der Waals surface area contributed by atoms with E-state index in [9.17, 15) is 4.79 Å². The van der Waals surface area contributed by atoms with Crippen LogP contribution in [0.15, 0.2) is 12.4 Å². The van der Waals surface area contributed by atoms with Gasteiger partial charge in [-0.15, -0.1) is 0 Å². The van der Waals surface area contributed by atoms with Crippen molar-refractivity contribution in [3.8, 4) is 0 Å². The summed E-state index contributed by atoms with van der Waals surface area (Å²) in [6.45, 7) is 6.12. The maximum absolute atomic E-state index is 11.8. The Labute approximate surface area is 131 Å². The molecule has 1 aromatic rings. The molecule has 0 unspecified atom stereocenters. The summed E-state index contributed by atoms with van der Waals surface area (Å²) in [7, 11) is 0. The number of hydrogen-bond donors (Lipinski definition) is 3. The van der Waals surface area contributed by atoms with E-state index < -0.39 is 0 Å². The summed E-state index contributed by atoms with van der Waals surface area (Å²) in [5, 5.41) is 18.6. The molecule has 0 aliphatic carbocycles. The van der Waals surface area contributed by atoms with Gasteiger partial charge in [-0.25, -0.2) is 4.79 Å². The molecular weight excluding hydrogens is 282 g/mol. The Morgan fingerprint density at radius 2 is 2.14 bits per heavy atom. The smallest absolute Gasteiger partial charge is 0.319 e. The molecule has 7 nitrogen and oxygen atoms in total. The summed E-state index contributed by atoms with van der Waals surface area (Å²) in [6.07, 6.45) is 7.97. The molecule has 1 fully saturated rings. The van der Waals surface area contributed by atoms with E-state index in [1.54, 1.807) is 6.20 Å². The third-order valence-corrected chi connectivity index (χ3v) is 3.92. The maximum atomic E-state index is 11.8. The summed E-state index contributed by atoms with van der Waals surface area (Å²) < 4.78 is 1.86. The normalized spacial score (nSPS) is 17.2. The van der Waals surface area contributed by atoms with Crippen molar-refractivity contribution in [3.05, 3.63) is 12.4 Å². The number of urea groups is 1. The molecule has 1 saturated heterocycles. The molecular formula is C15H27N5O2. The number of aliphatic hydroxyl groups is 1. The van der Waals surface area contributed by atoms with Crippen LogP contribution in [-0.2, 0) is 6.54 Å². The lowest BCUT2D eigenvalue weighted by molar-refractivity contribution is 0.218. The lowest BCUT2D eigenvalue weighted by atomic mass is 10.1. The third kappa shape index (κ3) is 5.65. The second-order valence-electron chi connectivity index (χ2n) is 5.91. The fourth-order valence-electron chi connectivity index (χ4n) is 2.63. The third-order valence-electron chi connectivity index (χ3n) is 3.92. The van der Waals surface area contributed by atoms with E-state index in [1.165, 1.54) is 32.4 Å². The van der Waals surface area contributed by atoms with Crippen molar-refractivity contribution in [1.82, 2.24) is 20.0 Å². The SMILES string of the molecule is C[C@H](CCO)NC(=O)Nc1cnn(CCN2CCCCC2)c1. The summed E-state index contributed by atoms with van der Waals surface area (Å²) >= 11 is 0. The van der Waals surface area contributed by atoms with Gasteiger partial charge in [-0.2, -0.15) is 5.10 Å². The van der Waals surface area contributed by atoms with Crippen LogP contribution in [0.4, 0.5) is 10.5 Å². The molecule has 1 aliphatic heterocycles. The monoisotopic (exact) mass is 309 g/mol. The van der Waals surface area contributed by atoms with Crippen LogP contribution >= 0.6 is 0 Å². The van der Waals surface area contributed by atoms with Crippen molar-refractivity contribution < 1.29 is 9.90 Å². The molecule has 0 saturated carbocycles. The number of aromatic nitrogens is 2. The Kier molecular flexibility index (Phi) is 6.67. The number of likely N-dealkylation sites (tertiary alicyclic amines) is 1. The first kappa shape index (κ1) is 16.8. The minimum atomic E-state index is -0.267. The predicted molar refractivity (Wildman–Crippen MR) is 85.8 cm³/mol. The molecule has 1 aliphatic rings. The summed E-state index contributed by atoms with van der Waals surface area (Å²) in [5.41, 5.74) is 0.687. The van der Waals surface area contributed by atoms with Crippen LogP contribution in [0.5, 0.6) is 0 Å². The van der Waals surface area contributed by atoms with Crippen LogP contribution in [0.2, 0.25) is 0 Å². The number of carbonyl (C=O) groups is 1. The van der Waals surface area contributed by atoms with Gasteiger partial charge in [-0.05, 0) is 39.3 Å². The molecule has 1 aromatic heterocycles. The minimum absolute atomic E-state index is 0.0563. The van der Waals surface area contributed by atoms with E-state index in [0.717, 1.165) is 13.1 Å². The van der Waals surface area contributed by atoms with Gasteiger partial charge in [-0.3, -0.25) is 4.68 Å². The van der Waals surface area contributed by atoms with E-state index >= 15 is 0 Å². The van der Waals surface area contributed by atoms with Gasteiger partial charge < -0.3 is 20.6 Å². The van der Waals surface area contributed by atoms with Crippen LogP contribution in [0.25, 0.3) is 0 Å². The van der Waals surface area contributed by atoms with Gasteiger partial charge in [0.1, 0.15) is 0 Å². The van der Waals surface area contributed by atoms with Crippen molar-refractivity contribution in [2.24, 2.45) is 0 Å². The number of anilines is 1. The zero-order valence-corrected chi connectivity index (χ0v) is 13.3. The van der Waals surface area contributed by atoms with Gasteiger partial charge in [-0.1, -0.05) is 6.42 Å². The zero-order chi connectivity index (χ0) is 15.8. The zero-order valence-electron chi connectivity index (χ0n) is 13.3.